The number of carboxylic acid groups (broad SMARTS) is 1. The summed E-state index contributed by atoms with van der Waals surface area (Å²) in [6, 6.07) is 2.34. The molecule has 1 aliphatic rings. The fourth-order valence-corrected chi connectivity index (χ4v) is 4.16. The number of carboxylic acids is 1. The molecule has 0 spiro atoms. The molecule has 1 fully saturated rings. The lowest BCUT2D eigenvalue weighted by molar-refractivity contribution is 0.0692. The van der Waals surface area contributed by atoms with Crippen LogP contribution in [-0.2, 0) is 0 Å². The van der Waals surface area contributed by atoms with E-state index < -0.39 is 23.2 Å². The van der Waals surface area contributed by atoms with Crippen molar-refractivity contribution in [3.63, 3.8) is 0 Å². The molecule has 134 valence electrons. The first-order valence-corrected chi connectivity index (χ1v) is 9.25. The Morgan fingerprint density at radius 3 is 2.77 bits per heavy atom. The van der Waals surface area contributed by atoms with Gasteiger partial charge in [0.2, 0.25) is 5.13 Å². The Balaban J connectivity index is 1.56. The van der Waals surface area contributed by atoms with E-state index in [9.17, 15) is 14.4 Å². The number of hydrogen-bond acceptors (Lipinski definition) is 8. The normalized spacial score (nSPS) is 13.7. The standard InChI is InChI=1S/C15H12N4O5S2/c1-19(15(23)16-14-18-17-11(26-14)6-2-3-6)10-5-8-9(25-10)4-7(12(20)21)13(22)24-8/h4-6H,2-3H2,1H3,(H,20,21)(H,16,18,23). The molecule has 0 unspecified atom stereocenters. The van der Waals surface area contributed by atoms with Crippen molar-refractivity contribution < 1.29 is 19.1 Å². The predicted molar refractivity (Wildman–Crippen MR) is 96.6 cm³/mol. The van der Waals surface area contributed by atoms with Crippen molar-refractivity contribution in [1.29, 1.82) is 0 Å². The molecule has 3 heterocycles. The molecule has 0 aromatic carbocycles. The third kappa shape index (κ3) is 3.06. The first-order valence-electron chi connectivity index (χ1n) is 7.61. The van der Waals surface area contributed by atoms with Gasteiger partial charge >= 0.3 is 17.6 Å². The van der Waals surface area contributed by atoms with Gasteiger partial charge < -0.3 is 9.52 Å². The van der Waals surface area contributed by atoms with Gasteiger partial charge in [-0.3, -0.25) is 10.2 Å². The first-order chi connectivity index (χ1) is 12.4. The quantitative estimate of drug-likeness (QED) is 0.699. The van der Waals surface area contributed by atoms with Gasteiger partial charge in [-0.2, -0.15) is 0 Å². The SMILES string of the molecule is CN(C(=O)Nc1nnc(C2CC2)s1)c1cc2oc(=O)c(C(=O)O)cc2s1. The van der Waals surface area contributed by atoms with Crippen molar-refractivity contribution in [1.82, 2.24) is 10.2 Å². The molecule has 0 aliphatic heterocycles. The van der Waals surface area contributed by atoms with E-state index in [2.05, 4.69) is 15.5 Å². The lowest BCUT2D eigenvalue weighted by Gasteiger charge is -2.13. The zero-order valence-electron chi connectivity index (χ0n) is 13.4. The van der Waals surface area contributed by atoms with Crippen LogP contribution in [0.2, 0.25) is 0 Å². The minimum atomic E-state index is -1.36. The van der Waals surface area contributed by atoms with Gasteiger partial charge in [0.05, 0.1) is 4.70 Å². The van der Waals surface area contributed by atoms with E-state index >= 15 is 0 Å². The van der Waals surface area contributed by atoms with Crippen molar-refractivity contribution >= 4 is 55.1 Å². The van der Waals surface area contributed by atoms with Crippen LogP contribution >= 0.6 is 22.7 Å². The van der Waals surface area contributed by atoms with Gasteiger partial charge in [-0.05, 0) is 18.9 Å². The lowest BCUT2D eigenvalue weighted by atomic mass is 10.3. The number of anilines is 2. The second kappa shape index (κ2) is 6.18. The maximum Gasteiger partial charge on any atom is 0.351 e. The molecule has 0 saturated heterocycles. The number of hydrogen-bond donors (Lipinski definition) is 2. The minimum Gasteiger partial charge on any atom is -0.477 e. The van der Waals surface area contributed by atoms with Gasteiger partial charge in [0, 0.05) is 19.0 Å². The first kappa shape index (κ1) is 16.7. The van der Waals surface area contributed by atoms with Crippen molar-refractivity contribution in [3.8, 4) is 0 Å². The molecule has 4 rings (SSSR count). The number of carbonyl (C=O) groups is 2. The third-order valence-electron chi connectivity index (χ3n) is 3.86. The Hall–Kier alpha value is -2.79. The molecule has 1 aliphatic carbocycles. The molecule has 3 aromatic rings. The monoisotopic (exact) mass is 392 g/mol. The number of amides is 2. The molecule has 3 aromatic heterocycles. The Morgan fingerprint density at radius 1 is 1.31 bits per heavy atom. The minimum absolute atomic E-state index is 0.228. The van der Waals surface area contributed by atoms with Crippen molar-refractivity contribution in [2.75, 3.05) is 17.3 Å². The number of rotatable bonds is 4. The van der Waals surface area contributed by atoms with Crippen molar-refractivity contribution in [2.45, 2.75) is 18.8 Å². The Bertz CT molecular complexity index is 1080. The third-order valence-corrected chi connectivity index (χ3v) is 6.00. The second-order valence-corrected chi connectivity index (χ2v) is 7.85. The number of nitrogens with zero attached hydrogens (tertiary/aromatic N) is 3. The van der Waals surface area contributed by atoms with Gasteiger partial charge in [0.25, 0.3) is 0 Å². The predicted octanol–water partition coefficient (Wildman–Crippen LogP) is 2.95. The van der Waals surface area contributed by atoms with Crippen LogP contribution in [0.5, 0.6) is 0 Å². The fraction of sp³-hybridized carbons (Fsp3) is 0.267. The zero-order chi connectivity index (χ0) is 18.4. The second-order valence-electron chi connectivity index (χ2n) is 5.77. The largest absolute Gasteiger partial charge is 0.477 e. The number of aromatic carboxylic acids is 1. The molecular weight excluding hydrogens is 380 g/mol. The highest BCUT2D eigenvalue weighted by molar-refractivity contribution is 7.22. The lowest BCUT2D eigenvalue weighted by Crippen LogP contribution is -2.30. The molecule has 2 amide bonds. The van der Waals surface area contributed by atoms with E-state index in [4.69, 9.17) is 9.52 Å². The summed E-state index contributed by atoms with van der Waals surface area (Å²) in [4.78, 5) is 36.4. The molecular formula is C15H12N4O5S2. The fourth-order valence-electron chi connectivity index (χ4n) is 2.27. The number of urea groups is 1. The van der Waals surface area contributed by atoms with E-state index in [1.807, 2.05) is 0 Å². The van der Waals surface area contributed by atoms with Crippen molar-refractivity contribution in [3.05, 3.63) is 33.1 Å². The van der Waals surface area contributed by atoms with Crippen LogP contribution in [0.25, 0.3) is 10.3 Å². The highest BCUT2D eigenvalue weighted by Crippen LogP contribution is 2.42. The highest BCUT2D eigenvalue weighted by Gasteiger charge is 2.28. The summed E-state index contributed by atoms with van der Waals surface area (Å²) in [5, 5.41) is 21.6. The van der Waals surface area contributed by atoms with Gasteiger partial charge in [-0.15, -0.1) is 21.5 Å². The van der Waals surface area contributed by atoms with E-state index in [1.54, 1.807) is 7.05 Å². The van der Waals surface area contributed by atoms with E-state index in [-0.39, 0.29) is 5.58 Å². The average Bonchev–Trinajstić information content (AvgIpc) is 3.20. The van der Waals surface area contributed by atoms with Crippen LogP contribution in [0.1, 0.15) is 34.1 Å². The van der Waals surface area contributed by atoms with Crippen LogP contribution in [0.15, 0.2) is 21.3 Å². The smallest absolute Gasteiger partial charge is 0.351 e. The summed E-state index contributed by atoms with van der Waals surface area (Å²) in [6.45, 7) is 0. The van der Waals surface area contributed by atoms with Gasteiger partial charge in [0.1, 0.15) is 15.6 Å². The Morgan fingerprint density at radius 2 is 2.08 bits per heavy atom. The molecule has 0 radical (unpaired) electrons. The van der Waals surface area contributed by atoms with Crippen LogP contribution in [-0.4, -0.2) is 34.4 Å². The summed E-state index contributed by atoms with van der Waals surface area (Å²) >= 11 is 2.50. The summed E-state index contributed by atoms with van der Waals surface area (Å²) < 4.78 is 5.48. The van der Waals surface area contributed by atoms with E-state index in [0.29, 0.717) is 20.8 Å². The molecule has 11 heteroatoms. The van der Waals surface area contributed by atoms with Crippen molar-refractivity contribution in [2.24, 2.45) is 0 Å². The van der Waals surface area contributed by atoms with Gasteiger partial charge in [-0.25, -0.2) is 14.4 Å². The number of aromatic nitrogens is 2. The van der Waals surface area contributed by atoms with Crippen LogP contribution in [0, 0.1) is 0 Å². The summed E-state index contributed by atoms with van der Waals surface area (Å²) in [7, 11) is 1.55. The molecule has 26 heavy (non-hydrogen) atoms. The maximum absolute atomic E-state index is 12.4. The maximum atomic E-state index is 12.4. The van der Waals surface area contributed by atoms with Gasteiger partial charge in [0.15, 0.2) is 5.58 Å². The highest BCUT2D eigenvalue weighted by atomic mass is 32.1. The van der Waals surface area contributed by atoms with E-state index in [1.165, 1.54) is 28.4 Å². The molecule has 0 bridgehead atoms. The average molecular weight is 392 g/mol. The van der Waals surface area contributed by atoms with Crippen LogP contribution in [0.3, 0.4) is 0 Å². The van der Waals surface area contributed by atoms with Crippen LogP contribution < -0.4 is 15.8 Å². The van der Waals surface area contributed by atoms with Crippen LogP contribution in [0.4, 0.5) is 14.9 Å². The number of fused-ring (bicyclic) bond motifs is 1. The summed E-state index contributed by atoms with van der Waals surface area (Å²) in [5.41, 5.74) is -1.14. The molecule has 1 saturated carbocycles. The number of thiophene rings is 1. The molecule has 9 nitrogen and oxygen atoms in total. The molecule has 0 atom stereocenters. The summed E-state index contributed by atoms with van der Waals surface area (Å²) in [5.74, 6) is -0.894. The number of carbonyl (C=O) groups excluding carboxylic acids is 1. The Kier molecular flexibility index (Phi) is 3.96. The zero-order valence-corrected chi connectivity index (χ0v) is 15.0. The summed E-state index contributed by atoms with van der Waals surface area (Å²) in [6.07, 6.45) is 2.21. The van der Waals surface area contributed by atoms with Gasteiger partial charge in [-0.1, -0.05) is 11.3 Å². The molecule has 2 N–H and O–H groups in total. The van der Waals surface area contributed by atoms with E-state index in [0.717, 1.165) is 29.2 Å². The topological polar surface area (TPSA) is 126 Å². The Labute approximate surface area is 153 Å². The number of nitrogens with one attached hydrogen (secondary N) is 1.